The van der Waals surface area contributed by atoms with E-state index in [1.807, 2.05) is 4.90 Å². The van der Waals surface area contributed by atoms with Crippen molar-refractivity contribution in [2.45, 2.75) is 32.8 Å². The lowest BCUT2D eigenvalue weighted by molar-refractivity contribution is -0.122. The molecule has 2 rings (SSSR count). The molecule has 4 nitrogen and oxygen atoms in total. The molecule has 5 heteroatoms. The summed E-state index contributed by atoms with van der Waals surface area (Å²) in [5, 5.41) is 9.84. The van der Waals surface area contributed by atoms with Crippen molar-refractivity contribution < 1.29 is 14.3 Å². The summed E-state index contributed by atoms with van der Waals surface area (Å²) in [4.78, 5) is 13.4. The zero-order chi connectivity index (χ0) is 14.9. The average molecular weight is 280 g/mol. The molecule has 0 aromatic heterocycles. The van der Waals surface area contributed by atoms with Gasteiger partial charge in [-0.3, -0.25) is 4.79 Å². The van der Waals surface area contributed by atoms with Gasteiger partial charge in [-0.25, -0.2) is 4.39 Å². The van der Waals surface area contributed by atoms with Gasteiger partial charge in [-0.05, 0) is 44.4 Å². The molecule has 1 saturated heterocycles. The van der Waals surface area contributed by atoms with Crippen LogP contribution in [0.25, 0.3) is 0 Å². The number of aryl methyl sites for hydroxylation is 1. The Hall–Kier alpha value is -1.62. The molecule has 1 aliphatic heterocycles. The standard InChI is InChI=1S/C15H21FN2O2/c1-9-6-14(12(10(2)19)7-13(9)16)18-5-3-4-11(8-18)15(17)20/h6-7,10-11,19H,3-5,8H2,1-2H3,(H2,17,20)/t10-,11?/m0/s1. The van der Waals surface area contributed by atoms with Crippen LogP contribution in [0.1, 0.15) is 37.0 Å². The minimum Gasteiger partial charge on any atom is -0.389 e. The average Bonchev–Trinajstić information content (AvgIpc) is 2.41. The number of primary amides is 1. The Labute approximate surface area is 118 Å². The van der Waals surface area contributed by atoms with Crippen molar-refractivity contribution in [3.63, 3.8) is 0 Å². The number of benzene rings is 1. The van der Waals surface area contributed by atoms with Crippen LogP contribution in [0, 0.1) is 18.7 Å². The molecule has 2 atom stereocenters. The van der Waals surface area contributed by atoms with Crippen LogP contribution in [-0.2, 0) is 4.79 Å². The van der Waals surface area contributed by atoms with Crippen LogP contribution in [0.2, 0.25) is 0 Å². The van der Waals surface area contributed by atoms with E-state index in [1.54, 1.807) is 19.9 Å². The highest BCUT2D eigenvalue weighted by atomic mass is 19.1. The second-order valence-corrected chi connectivity index (χ2v) is 5.52. The van der Waals surface area contributed by atoms with Gasteiger partial charge in [0.25, 0.3) is 0 Å². The number of nitrogens with zero attached hydrogens (tertiary/aromatic N) is 1. The van der Waals surface area contributed by atoms with Gasteiger partial charge >= 0.3 is 0 Å². The smallest absolute Gasteiger partial charge is 0.222 e. The number of anilines is 1. The molecule has 0 bridgehead atoms. The van der Waals surface area contributed by atoms with Gasteiger partial charge in [0, 0.05) is 24.3 Å². The van der Waals surface area contributed by atoms with Crippen molar-refractivity contribution in [1.29, 1.82) is 0 Å². The van der Waals surface area contributed by atoms with E-state index in [1.165, 1.54) is 6.07 Å². The van der Waals surface area contributed by atoms with Gasteiger partial charge in [0.05, 0.1) is 12.0 Å². The number of rotatable bonds is 3. The van der Waals surface area contributed by atoms with E-state index in [0.29, 0.717) is 17.7 Å². The van der Waals surface area contributed by atoms with Crippen LogP contribution in [-0.4, -0.2) is 24.1 Å². The molecular formula is C15H21FN2O2. The Morgan fingerprint density at radius 2 is 2.25 bits per heavy atom. The minimum absolute atomic E-state index is 0.184. The third kappa shape index (κ3) is 2.93. The summed E-state index contributed by atoms with van der Waals surface area (Å²) in [6.07, 6.45) is 0.897. The Morgan fingerprint density at radius 1 is 1.55 bits per heavy atom. The summed E-state index contributed by atoms with van der Waals surface area (Å²) in [6.45, 7) is 4.62. The maximum Gasteiger partial charge on any atom is 0.222 e. The topological polar surface area (TPSA) is 66.6 Å². The zero-order valence-corrected chi connectivity index (χ0v) is 11.9. The van der Waals surface area contributed by atoms with Crippen LogP contribution in [0.15, 0.2) is 12.1 Å². The number of halogens is 1. The SMILES string of the molecule is Cc1cc(N2CCCC(C(N)=O)C2)c([C@H](C)O)cc1F. The van der Waals surface area contributed by atoms with Gasteiger partial charge < -0.3 is 15.7 Å². The maximum atomic E-state index is 13.7. The molecule has 1 amide bonds. The lowest BCUT2D eigenvalue weighted by Crippen LogP contribution is -2.41. The number of amides is 1. The quantitative estimate of drug-likeness (QED) is 0.888. The third-order valence-electron chi connectivity index (χ3n) is 3.92. The van der Waals surface area contributed by atoms with Crippen molar-refractivity contribution >= 4 is 11.6 Å². The van der Waals surface area contributed by atoms with Crippen molar-refractivity contribution in [3.8, 4) is 0 Å². The molecule has 1 heterocycles. The predicted molar refractivity (Wildman–Crippen MR) is 75.9 cm³/mol. The molecule has 1 aromatic carbocycles. The van der Waals surface area contributed by atoms with Crippen LogP contribution in [0.4, 0.5) is 10.1 Å². The fourth-order valence-electron chi connectivity index (χ4n) is 2.72. The van der Waals surface area contributed by atoms with Crippen LogP contribution >= 0.6 is 0 Å². The summed E-state index contributed by atoms with van der Waals surface area (Å²) >= 11 is 0. The van der Waals surface area contributed by atoms with E-state index in [2.05, 4.69) is 0 Å². The van der Waals surface area contributed by atoms with Crippen LogP contribution in [0.5, 0.6) is 0 Å². The number of nitrogens with two attached hydrogens (primary N) is 1. The predicted octanol–water partition coefficient (Wildman–Crippen LogP) is 1.89. The molecule has 1 aromatic rings. The molecule has 0 radical (unpaired) electrons. The molecule has 0 saturated carbocycles. The molecule has 1 aliphatic rings. The van der Waals surface area contributed by atoms with Gasteiger partial charge in [-0.15, -0.1) is 0 Å². The second-order valence-electron chi connectivity index (χ2n) is 5.52. The molecule has 0 spiro atoms. The van der Waals surface area contributed by atoms with Gasteiger partial charge in [0.2, 0.25) is 5.91 Å². The first-order chi connectivity index (χ1) is 9.40. The molecule has 110 valence electrons. The first kappa shape index (κ1) is 14.8. The summed E-state index contributed by atoms with van der Waals surface area (Å²) in [7, 11) is 0. The number of aliphatic hydroxyl groups is 1. The maximum absolute atomic E-state index is 13.7. The normalized spacial score (nSPS) is 20.8. The van der Waals surface area contributed by atoms with Crippen molar-refractivity contribution in [2.75, 3.05) is 18.0 Å². The van der Waals surface area contributed by atoms with Gasteiger partial charge in [0.15, 0.2) is 0 Å². The lowest BCUT2D eigenvalue weighted by Gasteiger charge is -2.35. The minimum atomic E-state index is -0.756. The zero-order valence-electron chi connectivity index (χ0n) is 11.9. The third-order valence-corrected chi connectivity index (χ3v) is 3.92. The van der Waals surface area contributed by atoms with E-state index in [0.717, 1.165) is 25.1 Å². The molecule has 20 heavy (non-hydrogen) atoms. The molecule has 3 N–H and O–H groups in total. The summed E-state index contributed by atoms with van der Waals surface area (Å²) in [5.41, 5.74) is 7.27. The Bertz CT molecular complexity index is 517. The first-order valence-corrected chi connectivity index (χ1v) is 6.92. The first-order valence-electron chi connectivity index (χ1n) is 6.92. The highest BCUT2D eigenvalue weighted by molar-refractivity contribution is 5.77. The summed E-state index contributed by atoms with van der Waals surface area (Å²) in [6, 6.07) is 3.12. The number of hydrogen-bond donors (Lipinski definition) is 2. The second kappa shape index (κ2) is 5.79. The highest BCUT2D eigenvalue weighted by Gasteiger charge is 2.26. The van der Waals surface area contributed by atoms with Crippen molar-refractivity contribution in [1.82, 2.24) is 0 Å². The van der Waals surface area contributed by atoms with Crippen molar-refractivity contribution in [3.05, 3.63) is 29.1 Å². The highest BCUT2D eigenvalue weighted by Crippen LogP contribution is 2.32. The number of hydrogen-bond acceptors (Lipinski definition) is 3. The van der Waals surface area contributed by atoms with E-state index in [4.69, 9.17) is 5.73 Å². The van der Waals surface area contributed by atoms with Crippen LogP contribution in [0.3, 0.4) is 0 Å². The van der Waals surface area contributed by atoms with E-state index in [-0.39, 0.29) is 17.6 Å². The van der Waals surface area contributed by atoms with Gasteiger partial charge in [0.1, 0.15) is 5.82 Å². The number of carbonyl (C=O) groups is 1. The fraction of sp³-hybridized carbons (Fsp3) is 0.533. The van der Waals surface area contributed by atoms with E-state index < -0.39 is 6.10 Å². The number of piperidine rings is 1. The molecule has 1 unspecified atom stereocenters. The van der Waals surface area contributed by atoms with Gasteiger partial charge in [-0.1, -0.05) is 0 Å². The Morgan fingerprint density at radius 3 is 2.85 bits per heavy atom. The number of aliphatic hydroxyl groups excluding tert-OH is 1. The van der Waals surface area contributed by atoms with Crippen molar-refractivity contribution in [2.24, 2.45) is 11.7 Å². The van der Waals surface area contributed by atoms with E-state index in [9.17, 15) is 14.3 Å². The fourth-order valence-corrected chi connectivity index (χ4v) is 2.72. The molecule has 1 fully saturated rings. The summed E-state index contributed by atoms with van der Waals surface area (Å²) < 4.78 is 13.7. The molecule has 0 aliphatic carbocycles. The largest absolute Gasteiger partial charge is 0.389 e. The van der Waals surface area contributed by atoms with E-state index >= 15 is 0 Å². The molecular weight excluding hydrogens is 259 g/mol. The van der Waals surface area contributed by atoms with Gasteiger partial charge in [-0.2, -0.15) is 0 Å². The summed E-state index contributed by atoms with van der Waals surface area (Å²) in [5.74, 6) is -0.809. The number of carbonyl (C=O) groups excluding carboxylic acids is 1. The monoisotopic (exact) mass is 280 g/mol. The van der Waals surface area contributed by atoms with Crippen LogP contribution < -0.4 is 10.6 Å². The Balaban J connectivity index is 2.36. The lowest BCUT2D eigenvalue weighted by atomic mass is 9.95. The Kier molecular flexibility index (Phi) is 4.28.